The second kappa shape index (κ2) is 3.37. The van der Waals surface area contributed by atoms with Crippen molar-refractivity contribution < 1.29 is 4.39 Å². The maximum Gasteiger partial charge on any atom is 0.146 e. The first kappa shape index (κ1) is 8.05. The van der Waals surface area contributed by atoms with Crippen LogP contribution in [0.3, 0.4) is 0 Å². The van der Waals surface area contributed by atoms with E-state index in [9.17, 15) is 4.39 Å². The van der Waals surface area contributed by atoms with E-state index in [4.69, 9.17) is 0 Å². The molecule has 0 aromatic heterocycles. The minimum absolute atomic E-state index is 0.196. The quantitative estimate of drug-likeness (QED) is 0.627. The van der Waals surface area contributed by atoms with E-state index in [0.29, 0.717) is 12.2 Å². The zero-order valence-electron chi connectivity index (χ0n) is 6.55. The van der Waals surface area contributed by atoms with Crippen LogP contribution in [0.2, 0.25) is 0 Å². The fourth-order valence-corrected chi connectivity index (χ4v) is 0.882. The smallest absolute Gasteiger partial charge is 0.146 e. The summed E-state index contributed by atoms with van der Waals surface area (Å²) in [5.74, 6) is -0.196. The largest absolute Gasteiger partial charge is 0.372 e. The lowest BCUT2D eigenvalue weighted by Gasteiger charge is -2.16. The molecule has 1 aromatic carbocycles. The van der Waals surface area contributed by atoms with Crippen molar-refractivity contribution >= 4 is 5.69 Å². The third-order valence-electron chi connectivity index (χ3n) is 1.60. The highest BCUT2D eigenvalue weighted by Crippen LogP contribution is 2.15. The zero-order chi connectivity index (χ0) is 8.27. The minimum atomic E-state index is -0.196. The highest BCUT2D eigenvalue weighted by molar-refractivity contribution is 5.46. The lowest BCUT2D eigenvalue weighted by atomic mass is 10.3. The predicted molar refractivity (Wildman–Crippen MR) is 45.0 cm³/mol. The van der Waals surface area contributed by atoms with Crippen molar-refractivity contribution in [3.63, 3.8) is 0 Å². The molecule has 0 atom stereocenters. The second-order valence-electron chi connectivity index (χ2n) is 2.37. The number of para-hydroxylation sites is 1. The van der Waals surface area contributed by atoms with Crippen LogP contribution in [0.1, 0.15) is 0 Å². The Morgan fingerprint density at radius 3 is 2.64 bits per heavy atom. The number of hydrogen-bond donors (Lipinski definition) is 0. The Balaban J connectivity index is 2.93. The van der Waals surface area contributed by atoms with Crippen molar-refractivity contribution in [2.75, 3.05) is 18.5 Å². The highest BCUT2D eigenvalue weighted by atomic mass is 19.1. The van der Waals surface area contributed by atoms with E-state index in [-0.39, 0.29) is 5.82 Å². The van der Waals surface area contributed by atoms with Crippen LogP contribution in [0, 0.1) is 12.7 Å². The van der Waals surface area contributed by atoms with Crippen LogP contribution in [-0.4, -0.2) is 13.6 Å². The van der Waals surface area contributed by atoms with E-state index in [1.807, 2.05) is 13.1 Å². The molecule has 0 saturated carbocycles. The maximum atomic E-state index is 13.0. The summed E-state index contributed by atoms with van der Waals surface area (Å²) in [6, 6.07) is 6.67. The van der Waals surface area contributed by atoms with Crippen LogP contribution in [0.15, 0.2) is 24.3 Å². The Kier molecular flexibility index (Phi) is 2.47. The van der Waals surface area contributed by atoms with Crippen LogP contribution in [-0.2, 0) is 0 Å². The summed E-state index contributed by atoms with van der Waals surface area (Å²) < 4.78 is 13.0. The van der Waals surface area contributed by atoms with Gasteiger partial charge < -0.3 is 4.90 Å². The van der Waals surface area contributed by atoms with Gasteiger partial charge in [0, 0.05) is 13.6 Å². The fraction of sp³-hybridized carbons (Fsp3) is 0.222. The van der Waals surface area contributed by atoms with Gasteiger partial charge in [0.2, 0.25) is 0 Å². The van der Waals surface area contributed by atoms with E-state index in [0.717, 1.165) is 0 Å². The Morgan fingerprint density at radius 2 is 2.09 bits per heavy atom. The molecule has 0 fully saturated rings. The average molecular weight is 152 g/mol. The molecule has 0 spiro atoms. The summed E-state index contributed by atoms with van der Waals surface area (Å²) in [4.78, 5) is 1.76. The molecule has 0 aliphatic carbocycles. The van der Waals surface area contributed by atoms with Gasteiger partial charge in [0.25, 0.3) is 0 Å². The molecule has 0 unspecified atom stereocenters. The van der Waals surface area contributed by atoms with Gasteiger partial charge in [0.05, 0.1) is 5.69 Å². The Bertz CT molecular complexity index is 235. The summed E-state index contributed by atoms with van der Waals surface area (Å²) in [5, 5.41) is 0. The number of anilines is 1. The lowest BCUT2D eigenvalue weighted by molar-refractivity contribution is 0.624. The number of nitrogens with zero attached hydrogens (tertiary/aromatic N) is 1. The summed E-state index contributed by atoms with van der Waals surface area (Å²) in [7, 11) is 1.81. The van der Waals surface area contributed by atoms with Gasteiger partial charge in [-0.05, 0) is 19.1 Å². The molecule has 1 radical (unpaired) electrons. The first-order valence-electron chi connectivity index (χ1n) is 3.50. The molecule has 2 heteroatoms. The molecule has 59 valence electrons. The molecule has 0 bridgehead atoms. The molecule has 0 aliphatic heterocycles. The third-order valence-corrected chi connectivity index (χ3v) is 1.60. The van der Waals surface area contributed by atoms with Gasteiger partial charge in [-0.1, -0.05) is 12.1 Å². The van der Waals surface area contributed by atoms with Gasteiger partial charge in [0.15, 0.2) is 0 Å². The lowest BCUT2D eigenvalue weighted by Crippen LogP contribution is -2.17. The maximum absolute atomic E-state index is 13.0. The summed E-state index contributed by atoms with van der Waals surface area (Å²) in [6.45, 7) is 4.23. The molecule has 0 N–H and O–H groups in total. The SMILES string of the molecule is [CH2]CN(C)c1ccccc1F. The highest BCUT2D eigenvalue weighted by Gasteiger charge is 2.02. The van der Waals surface area contributed by atoms with Crippen molar-refractivity contribution in [2.24, 2.45) is 0 Å². The van der Waals surface area contributed by atoms with Gasteiger partial charge in [-0.25, -0.2) is 4.39 Å². The topological polar surface area (TPSA) is 3.24 Å². The van der Waals surface area contributed by atoms with Crippen molar-refractivity contribution in [2.45, 2.75) is 0 Å². The van der Waals surface area contributed by atoms with E-state index < -0.39 is 0 Å². The molecule has 0 aliphatic rings. The van der Waals surface area contributed by atoms with Crippen molar-refractivity contribution in [3.8, 4) is 0 Å². The first-order chi connectivity index (χ1) is 5.25. The van der Waals surface area contributed by atoms with Gasteiger partial charge in [-0.2, -0.15) is 0 Å². The van der Waals surface area contributed by atoms with E-state index >= 15 is 0 Å². The monoisotopic (exact) mass is 152 g/mol. The average Bonchev–Trinajstić information content (AvgIpc) is 2.04. The number of benzene rings is 1. The Morgan fingerprint density at radius 1 is 1.45 bits per heavy atom. The molecule has 0 saturated heterocycles. The Hall–Kier alpha value is -1.05. The van der Waals surface area contributed by atoms with Gasteiger partial charge in [-0.3, -0.25) is 0 Å². The normalized spacial score (nSPS) is 9.73. The minimum Gasteiger partial charge on any atom is -0.372 e. The van der Waals surface area contributed by atoms with Crippen LogP contribution < -0.4 is 4.90 Å². The van der Waals surface area contributed by atoms with E-state index in [1.165, 1.54) is 6.07 Å². The number of hydrogen-bond acceptors (Lipinski definition) is 1. The molecule has 11 heavy (non-hydrogen) atoms. The second-order valence-corrected chi connectivity index (χ2v) is 2.37. The van der Waals surface area contributed by atoms with Crippen molar-refractivity contribution in [1.29, 1.82) is 0 Å². The van der Waals surface area contributed by atoms with Crippen molar-refractivity contribution in [1.82, 2.24) is 0 Å². The Labute approximate surface area is 66.5 Å². The number of rotatable bonds is 2. The predicted octanol–water partition coefficient (Wildman–Crippen LogP) is 2.10. The van der Waals surface area contributed by atoms with Gasteiger partial charge in [-0.15, -0.1) is 0 Å². The first-order valence-corrected chi connectivity index (χ1v) is 3.50. The number of halogens is 1. The van der Waals surface area contributed by atoms with E-state index in [2.05, 4.69) is 6.92 Å². The molecule has 1 nitrogen and oxygen atoms in total. The molecule has 1 rings (SSSR count). The molecular formula is C9H11FN. The molecular weight excluding hydrogens is 141 g/mol. The standard InChI is InChI=1S/C9H11FN/c1-3-11(2)9-7-5-4-6-8(9)10/h4-7H,1,3H2,2H3. The van der Waals surface area contributed by atoms with Crippen LogP contribution in [0.25, 0.3) is 0 Å². The van der Waals surface area contributed by atoms with Crippen LogP contribution >= 0.6 is 0 Å². The summed E-state index contributed by atoms with van der Waals surface area (Å²) in [5.41, 5.74) is 0.600. The fourth-order valence-electron chi connectivity index (χ4n) is 0.882. The molecule has 1 aromatic rings. The third kappa shape index (κ3) is 1.70. The zero-order valence-corrected chi connectivity index (χ0v) is 6.55. The molecule has 0 amide bonds. The van der Waals surface area contributed by atoms with Gasteiger partial charge >= 0.3 is 0 Å². The van der Waals surface area contributed by atoms with Crippen LogP contribution in [0.5, 0.6) is 0 Å². The molecule has 0 heterocycles. The van der Waals surface area contributed by atoms with E-state index in [1.54, 1.807) is 17.0 Å². The summed E-state index contributed by atoms with van der Waals surface area (Å²) >= 11 is 0. The van der Waals surface area contributed by atoms with Gasteiger partial charge in [0.1, 0.15) is 5.82 Å². The van der Waals surface area contributed by atoms with Crippen LogP contribution in [0.4, 0.5) is 10.1 Å². The van der Waals surface area contributed by atoms with Crippen molar-refractivity contribution in [3.05, 3.63) is 37.0 Å². The summed E-state index contributed by atoms with van der Waals surface area (Å²) in [6.07, 6.45) is 0.